The predicted octanol–water partition coefficient (Wildman–Crippen LogP) is 14.7. The van der Waals surface area contributed by atoms with Crippen molar-refractivity contribution in [3.8, 4) is 27.9 Å². The number of rotatable bonds is 9. The van der Waals surface area contributed by atoms with Crippen molar-refractivity contribution < 1.29 is 0 Å². The molecule has 3 unspecified atom stereocenters. The molecule has 0 spiro atoms. The van der Waals surface area contributed by atoms with Crippen LogP contribution in [-0.2, 0) is 0 Å². The lowest BCUT2D eigenvalue weighted by atomic mass is 9.90. The quantitative estimate of drug-likeness (QED) is 0.153. The lowest BCUT2D eigenvalue weighted by molar-refractivity contribution is 0.247. The third-order valence-corrected chi connectivity index (χ3v) is 12.5. The first-order chi connectivity index (χ1) is 30.7. The largest absolute Gasteiger partial charge is 0.311 e. The van der Waals surface area contributed by atoms with Gasteiger partial charge in [-0.2, -0.15) is 0 Å². The van der Waals surface area contributed by atoms with Gasteiger partial charge < -0.3 is 9.47 Å². The molecule has 0 bridgehead atoms. The molecule has 0 radical (unpaired) electrons. The van der Waals surface area contributed by atoms with E-state index in [0.29, 0.717) is 0 Å². The molecule has 1 aliphatic rings. The fraction of sp³-hybridized carbons (Fsp3) is 0.0690. The molecule has 9 aromatic carbocycles. The molecule has 0 saturated carbocycles. The molecule has 2 N–H and O–H groups in total. The molecule has 0 aliphatic carbocycles. The normalized spacial score (nSPS) is 16.4. The first kappa shape index (κ1) is 37.5. The van der Waals surface area contributed by atoms with Crippen LogP contribution in [0.1, 0.15) is 41.4 Å². The van der Waals surface area contributed by atoms with Crippen molar-refractivity contribution in [2.75, 3.05) is 4.90 Å². The number of benzene rings is 9. The minimum atomic E-state index is 0.0585. The van der Waals surface area contributed by atoms with Gasteiger partial charge in [0, 0.05) is 45.6 Å². The van der Waals surface area contributed by atoms with E-state index in [1.807, 2.05) is 0 Å². The maximum absolute atomic E-state index is 3.91. The fourth-order valence-corrected chi connectivity index (χ4v) is 9.36. The number of anilines is 3. The van der Waals surface area contributed by atoms with E-state index >= 15 is 0 Å². The summed E-state index contributed by atoms with van der Waals surface area (Å²) in [6.45, 7) is 0. The van der Waals surface area contributed by atoms with Gasteiger partial charge in [-0.25, -0.2) is 0 Å². The molecule has 1 saturated heterocycles. The van der Waals surface area contributed by atoms with E-state index in [9.17, 15) is 0 Å². The highest BCUT2D eigenvalue weighted by molar-refractivity contribution is 6.10. The minimum Gasteiger partial charge on any atom is -0.311 e. The zero-order valence-corrected chi connectivity index (χ0v) is 34.4. The van der Waals surface area contributed by atoms with Crippen LogP contribution in [0.4, 0.5) is 17.1 Å². The Labute approximate surface area is 363 Å². The molecule has 1 fully saturated rings. The summed E-state index contributed by atoms with van der Waals surface area (Å²) in [7, 11) is 0. The summed E-state index contributed by atoms with van der Waals surface area (Å²) in [6, 6.07) is 85.9. The predicted molar refractivity (Wildman–Crippen MR) is 258 cm³/mol. The van der Waals surface area contributed by atoms with Gasteiger partial charge in [-0.15, -0.1) is 0 Å². The van der Waals surface area contributed by atoms with E-state index in [2.05, 4.69) is 257 Å². The topological polar surface area (TPSA) is 32.2 Å². The van der Waals surface area contributed by atoms with Crippen molar-refractivity contribution in [3.05, 3.63) is 253 Å². The molecule has 11 rings (SSSR count). The van der Waals surface area contributed by atoms with Gasteiger partial charge in [0.2, 0.25) is 0 Å². The van der Waals surface area contributed by atoms with Gasteiger partial charge in [0.05, 0.1) is 17.2 Å². The minimum absolute atomic E-state index is 0.0585. The Morgan fingerprint density at radius 1 is 0.355 bits per heavy atom. The third-order valence-electron chi connectivity index (χ3n) is 12.5. The Bertz CT molecular complexity index is 2980. The van der Waals surface area contributed by atoms with Crippen LogP contribution < -0.4 is 15.5 Å². The Kier molecular flexibility index (Phi) is 9.99. The molecular formula is C58H46N4. The van der Waals surface area contributed by atoms with Gasteiger partial charge in [-0.3, -0.25) is 10.6 Å². The lowest BCUT2D eigenvalue weighted by Crippen LogP contribution is -2.45. The van der Waals surface area contributed by atoms with Crippen molar-refractivity contribution in [3.63, 3.8) is 0 Å². The summed E-state index contributed by atoms with van der Waals surface area (Å²) in [4.78, 5) is 2.30. The average Bonchev–Trinajstić information content (AvgIpc) is 3.69. The maximum Gasteiger partial charge on any atom is 0.0845 e. The highest BCUT2D eigenvalue weighted by atomic mass is 15.2. The monoisotopic (exact) mass is 798 g/mol. The molecule has 298 valence electrons. The number of aromatic nitrogens is 1. The number of fused-ring (bicyclic) bond motifs is 3. The third kappa shape index (κ3) is 7.26. The molecule has 1 aromatic heterocycles. The Hall–Kier alpha value is -7.50. The van der Waals surface area contributed by atoms with Crippen molar-refractivity contribution in [1.82, 2.24) is 15.2 Å². The maximum atomic E-state index is 3.91. The fourth-order valence-electron chi connectivity index (χ4n) is 9.36. The van der Waals surface area contributed by atoms with Crippen LogP contribution in [0.2, 0.25) is 0 Å². The molecule has 62 heavy (non-hydrogen) atoms. The number of nitrogens with zero attached hydrogens (tertiary/aromatic N) is 2. The summed E-state index contributed by atoms with van der Waals surface area (Å²) in [5.74, 6) is 0. The number of hydrogen-bond donors (Lipinski definition) is 2. The van der Waals surface area contributed by atoms with Gasteiger partial charge in [0.25, 0.3) is 0 Å². The van der Waals surface area contributed by atoms with Gasteiger partial charge in [0.15, 0.2) is 0 Å². The van der Waals surface area contributed by atoms with Crippen molar-refractivity contribution >= 4 is 38.9 Å². The van der Waals surface area contributed by atoms with Crippen molar-refractivity contribution in [2.24, 2.45) is 0 Å². The van der Waals surface area contributed by atoms with Crippen molar-refractivity contribution in [1.29, 1.82) is 0 Å². The van der Waals surface area contributed by atoms with Gasteiger partial charge in [-0.1, -0.05) is 170 Å². The zero-order valence-electron chi connectivity index (χ0n) is 34.4. The summed E-state index contributed by atoms with van der Waals surface area (Å²) in [5, 5.41) is 10.3. The SMILES string of the molecule is c1ccc(C2CC(c3ccc(-c4ccc(-n5c6ccccc6c6cc(-c7ccc(N(c8ccccc8)c8ccccc8)cc7)ccc65)cc4)cc3)NC(c3ccccc3)N2)cc1. The molecule has 0 amide bonds. The number of nitrogens with one attached hydrogen (secondary N) is 2. The molecule has 4 nitrogen and oxygen atoms in total. The standard InChI is InChI=1S/C58H46N4/c1-5-15-44(16-6-1)54-40-55(60-58(59-54)46-17-7-2-8-18-46)45-27-25-41(26-28-45)42-29-36-51(37-30-42)62-56-24-14-13-23-52(56)53-39-47(33-38-57(53)62)43-31-34-50(35-32-43)61(48-19-9-3-10-20-48)49-21-11-4-12-22-49/h1-39,54-55,58-60H,40H2. The van der Waals surface area contributed by atoms with E-state index in [1.165, 1.54) is 60.8 Å². The van der Waals surface area contributed by atoms with Crippen LogP contribution >= 0.6 is 0 Å². The van der Waals surface area contributed by atoms with Crippen LogP contribution in [0, 0.1) is 0 Å². The van der Waals surface area contributed by atoms with E-state index in [1.54, 1.807) is 0 Å². The first-order valence-electron chi connectivity index (χ1n) is 21.6. The summed E-state index contributed by atoms with van der Waals surface area (Å²) in [6.07, 6.45) is 1.03. The lowest BCUT2D eigenvalue weighted by Gasteiger charge is -2.38. The highest BCUT2D eigenvalue weighted by Gasteiger charge is 2.30. The summed E-state index contributed by atoms with van der Waals surface area (Å²) in [5.41, 5.74) is 15.6. The average molecular weight is 799 g/mol. The van der Waals surface area contributed by atoms with Gasteiger partial charge in [0.1, 0.15) is 0 Å². The van der Waals surface area contributed by atoms with E-state index < -0.39 is 0 Å². The smallest absolute Gasteiger partial charge is 0.0845 e. The van der Waals surface area contributed by atoms with Crippen LogP contribution in [-0.4, -0.2) is 4.57 Å². The molecule has 2 heterocycles. The zero-order chi connectivity index (χ0) is 41.2. The van der Waals surface area contributed by atoms with Crippen molar-refractivity contribution in [2.45, 2.75) is 24.7 Å². The molecule has 1 aliphatic heterocycles. The van der Waals surface area contributed by atoms with Crippen LogP contribution in [0.5, 0.6) is 0 Å². The molecular weight excluding hydrogens is 753 g/mol. The Morgan fingerprint density at radius 3 is 1.40 bits per heavy atom. The number of para-hydroxylation sites is 3. The van der Waals surface area contributed by atoms with E-state index in [0.717, 1.165) is 29.2 Å². The number of hydrogen-bond acceptors (Lipinski definition) is 3. The van der Waals surface area contributed by atoms with Gasteiger partial charge in [-0.05, 0) is 112 Å². The second kappa shape index (κ2) is 16.5. The second-order valence-corrected chi connectivity index (χ2v) is 16.2. The summed E-state index contributed by atoms with van der Waals surface area (Å²) < 4.78 is 2.40. The molecule has 10 aromatic rings. The van der Waals surface area contributed by atoms with Crippen LogP contribution in [0.25, 0.3) is 49.7 Å². The van der Waals surface area contributed by atoms with E-state index in [-0.39, 0.29) is 18.2 Å². The Balaban J connectivity index is 0.864. The summed E-state index contributed by atoms with van der Waals surface area (Å²) >= 11 is 0. The van der Waals surface area contributed by atoms with Crippen LogP contribution in [0.15, 0.2) is 237 Å². The van der Waals surface area contributed by atoms with Gasteiger partial charge >= 0.3 is 0 Å². The van der Waals surface area contributed by atoms with Crippen LogP contribution in [0.3, 0.4) is 0 Å². The second-order valence-electron chi connectivity index (χ2n) is 16.2. The van der Waals surface area contributed by atoms with E-state index in [4.69, 9.17) is 0 Å². The molecule has 4 heteroatoms. The Morgan fingerprint density at radius 2 is 0.790 bits per heavy atom. The molecule has 3 atom stereocenters. The highest BCUT2D eigenvalue weighted by Crippen LogP contribution is 2.39. The first-order valence-corrected chi connectivity index (χ1v) is 21.6.